The third-order valence-electron chi connectivity index (χ3n) is 8.24. The van der Waals surface area contributed by atoms with Gasteiger partial charge in [0.15, 0.2) is 0 Å². The van der Waals surface area contributed by atoms with Crippen molar-refractivity contribution in [1.29, 1.82) is 0 Å². The quantitative estimate of drug-likeness (QED) is 0.338. The lowest BCUT2D eigenvalue weighted by Gasteiger charge is -2.40. The van der Waals surface area contributed by atoms with Gasteiger partial charge < -0.3 is 18.9 Å². The van der Waals surface area contributed by atoms with Gasteiger partial charge in [-0.1, -0.05) is 48.1 Å². The Kier molecular flexibility index (Phi) is 8.72. The number of hydrogen-bond acceptors (Lipinski definition) is 8. The van der Waals surface area contributed by atoms with E-state index in [1.54, 1.807) is 68.2 Å². The first-order valence-electron chi connectivity index (χ1n) is 14.5. The van der Waals surface area contributed by atoms with E-state index in [1.807, 2.05) is 19.1 Å². The van der Waals surface area contributed by atoms with Gasteiger partial charge >= 0.3 is 12.1 Å². The largest absolute Gasteiger partial charge is 0.461 e. The predicted octanol–water partition coefficient (Wildman–Crippen LogP) is 3.78. The molecule has 232 valence electrons. The molecule has 1 aromatic carbocycles. The van der Waals surface area contributed by atoms with Gasteiger partial charge in [-0.2, -0.15) is 4.31 Å². The molecule has 0 N–H and O–H groups in total. The normalized spacial score (nSPS) is 32.1. The van der Waals surface area contributed by atoms with Crippen molar-refractivity contribution >= 4 is 22.1 Å². The SMILES string of the molecule is C=C[C@@H]1O[C@@H]2C=CCN(C(=O)OC(C)(C)C)[C@H]2[C@@H]1CN([C@H]1[C@@H]2C(=O)OCC=C[C@@H]2O[C@@H]1C=C)S(=O)(=O)c1ccc(C)cc1. The maximum atomic E-state index is 14.6. The van der Waals surface area contributed by atoms with E-state index in [9.17, 15) is 18.0 Å². The zero-order valence-electron chi connectivity index (χ0n) is 25.0. The van der Waals surface area contributed by atoms with Crippen molar-refractivity contribution in [1.82, 2.24) is 9.21 Å². The van der Waals surface area contributed by atoms with Crippen LogP contribution in [0.5, 0.6) is 0 Å². The van der Waals surface area contributed by atoms with E-state index >= 15 is 0 Å². The number of carbonyl (C=O) groups is 2. The lowest BCUT2D eigenvalue weighted by Crippen LogP contribution is -2.57. The fourth-order valence-corrected chi connectivity index (χ4v) is 8.02. The molecule has 0 radical (unpaired) electrons. The number of fused-ring (bicyclic) bond motifs is 2. The molecule has 2 saturated heterocycles. The molecule has 0 aromatic heterocycles. The van der Waals surface area contributed by atoms with Crippen molar-refractivity contribution in [2.45, 2.75) is 74.7 Å². The summed E-state index contributed by atoms with van der Waals surface area (Å²) in [6.07, 6.45) is 7.17. The van der Waals surface area contributed by atoms with Crippen molar-refractivity contribution in [2.75, 3.05) is 19.7 Å². The average Bonchev–Trinajstić information content (AvgIpc) is 3.44. The van der Waals surface area contributed by atoms with Gasteiger partial charge in [-0.25, -0.2) is 13.2 Å². The van der Waals surface area contributed by atoms with E-state index in [0.29, 0.717) is 0 Å². The van der Waals surface area contributed by atoms with Gasteiger partial charge in [0.25, 0.3) is 0 Å². The summed E-state index contributed by atoms with van der Waals surface area (Å²) in [5.41, 5.74) is 0.166. The van der Waals surface area contributed by atoms with Gasteiger partial charge in [-0.05, 0) is 45.9 Å². The van der Waals surface area contributed by atoms with E-state index in [-0.39, 0.29) is 24.6 Å². The summed E-state index contributed by atoms with van der Waals surface area (Å²) in [7, 11) is -4.22. The number of carbonyl (C=O) groups excluding carboxylic acids is 2. The Morgan fingerprint density at radius 1 is 1.07 bits per heavy atom. The lowest BCUT2D eigenvalue weighted by atomic mass is 9.88. The monoisotopic (exact) mass is 612 g/mol. The zero-order chi connectivity index (χ0) is 31.1. The van der Waals surface area contributed by atoms with Gasteiger partial charge in [-0.3, -0.25) is 9.69 Å². The third kappa shape index (κ3) is 6.08. The summed E-state index contributed by atoms with van der Waals surface area (Å²) in [5, 5.41) is 0. The highest BCUT2D eigenvalue weighted by Gasteiger charge is 2.56. The second-order valence-electron chi connectivity index (χ2n) is 12.3. The second-order valence-corrected chi connectivity index (χ2v) is 14.2. The van der Waals surface area contributed by atoms with Crippen LogP contribution < -0.4 is 0 Å². The first-order valence-corrected chi connectivity index (χ1v) is 15.9. The third-order valence-corrected chi connectivity index (χ3v) is 10.1. The van der Waals surface area contributed by atoms with Crippen LogP contribution in [0.2, 0.25) is 0 Å². The Bertz CT molecular complexity index is 1410. The summed E-state index contributed by atoms with van der Waals surface area (Å²) in [6, 6.07) is 5.03. The van der Waals surface area contributed by atoms with Crippen LogP contribution in [0.3, 0.4) is 0 Å². The van der Waals surface area contributed by atoms with Crippen LogP contribution in [0.25, 0.3) is 0 Å². The summed E-state index contributed by atoms with van der Waals surface area (Å²) in [5.74, 6) is -2.04. The number of rotatable bonds is 7. The number of sulfonamides is 1. The van der Waals surface area contributed by atoms with Crippen LogP contribution in [0.1, 0.15) is 26.3 Å². The van der Waals surface area contributed by atoms with Crippen LogP contribution in [0.15, 0.2) is 78.8 Å². The van der Waals surface area contributed by atoms with Crippen molar-refractivity contribution in [3.8, 4) is 0 Å². The number of hydrogen-bond donors (Lipinski definition) is 0. The summed E-state index contributed by atoms with van der Waals surface area (Å²) in [6.45, 7) is 15.4. The van der Waals surface area contributed by atoms with Crippen molar-refractivity contribution < 1.29 is 37.0 Å². The minimum absolute atomic E-state index is 0.0695. The van der Waals surface area contributed by atoms with E-state index < -0.39 is 76.0 Å². The Labute approximate surface area is 253 Å². The minimum atomic E-state index is -4.22. The van der Waals surface area contributed by atoms with Crippen molar-refractivity contribution in [3.63, 3.8) is 0 Å². The van der Waals surface area contributed by atoms with Gasteiger partial charge in [0.2, 0.25) is 10.0 Å². The first-order chi connectivity index (χ1) is 20.4. The Balaban J connectivity index is 1.61. The molecule has 0 unspecified atom stereocenters. The van der Waals surface area contributed by atoms with Gasteiger partial charge in [-0.15, -0.1) is 13.2 Å². The molecule has 1 amide bonds. The highest BCUT2D eigenvalue weighted by Crippen LogP contribution is 2.41. The first kappa shape index (κ1) is 31.2. The fourth-order valence-electron chi connectivity index (χ4n) is 6.33. The standard InChI is InChI=1S/C32H40N2O8S/c1-7-23-22(28-26(40-23)11-9-17-33(28)31(36)42-32(4,5)6)19-34(43(37,38)21-15-13-20(3)14-16-21)29-24(8-2)41-25-12-10-18-39-30(35)27(25)29/h7-16,22-29H,1-2,17-19H2,3-6H3/t22-,23+,24-,25+,26-,27-,28+,29-/m1/s1. The smallest absolute Gasteiger partial charge is 0.410 e. The minimum Gasteiger partial charge on any atom is -0.461 e. The molecular weight excluding hydrogens is 572 g/mol. The second kappa shape index (κ2) is 12.0. The van der Waals surface area contributed by atoms with Crippen LogP contribution in [0.4, 0.5) is 4.79 Å². The number of benzene rings is 1. The molecule has 11 heteroatoms. The molecule has 10 nitrogen and oxygen atoms in total. The van der Waals surface area contributed by atoms with Crippen LogP contribution >= 0.6 is 0 Å². The van der Waals surface area contributed by atoms with Crippen molar-refractivity contribution in [2.24, 2.45) is 11.8 Å². The fraction of sp³-hybridized carbons (Fsp3) is 0.500. The highest BCUT2D eigenvalue weighted by molar-refractivity contribution is 7.89. The molecule has 43 heavy (non-hydrogen) atoms. The predicted molar refractivity (Wildman–Crippen MR) is 160 cm³/mol. The van der Waals surface area contributed by atoms with Crippen LogP contribution in [-0.2, 0) is 33.8 Å². The number of nitrogens with zero attached hydrogens (tertiary/aromatic N) is 2. The van der Waals surface area contributed by atoms with Crippen molar-refractivity contribution in [3.05, 3.63) is 79.4 Å². The van der Waals surface area contributed by atoms with Crippen LogP contribution in [-0.4, -0.2) is 91.5 Å². The molecule has 2 fully saturated rings. The van der Waals surface area contributed by atoms with Crippen LogP contribution in [0, 0.1) is 18.8 Å². The maximum Gasteiger partial charge on any atom is 0.410 e. The zero-order valence-corrected chi connectivity index (χ0v) is 25.8. The average molecular weight is 613 g/mol. The molecule has 4 heterocycles. The van der Waals surface area contributed by atoms with Gasteiger partial charge in [0.05, 0.1) is 41.4 Å². The number of esters is 1. The van der Waals surface area contributed by atoms with E-state index in [4.69, 9.17) is 18.9 Å². The molecule has 8 atom stereocenters. The Morgan fingerprint density at radius 2 is 1.72 bits per heavy atom. The van der Waals surface area contributed by atoms with Gasteiger partial charge in [0.1, 0.15) is 18.1 Å². The summed E-state index contributed by atoms with van der Waals surface area (Å²) >= 11 is 0. The highest BCUT2D eigenvalue weighted by atomic mass is 32.2. The molecule has 4 aliphatic rings. The van der Waals surface area contributed by atoms with E-state index in [2.05, 4.69) is 13.2 Å². The Hall–Kier alpha value is -3.25. The number of aryl methyl sites for hydroxylation is 1. The Morgan fingerprint density at radius 3 is 2.37 bits per heavy atom. The number of cyclic esters (lactones) is 1. The maximum absolute atomic E-state index is 14.6. The lowest BCUT2D eigenvalue weighted by molar-refractivity contribution is -0.148. The summed E-state index contributed by atoms with van der Waals surface area (Å²) < 4.78 is 54.2. The number of amides is 1. The topological polar surface area (TPSA) is 112 Å². The molecule has 0 saturated carbocycles. The van der Waals surface area contributed by atoms with E-state index in [0.717, 1.165) is 5.56 Å². The molecule has 1 aromatic rings. The molecule has 0 bridgehead atoms. The molecule has 0 aliphatic carbocycles. The van der Waals surface area contributed by atoms with Gasteiger partial charge in [0, 0.05) is 19.0 Å². The summed E-state index contributed by atoms with van der Waals surface area (Å²) in [4.78, 5) is 28.4. The molecule has 0 spiro atoms. The molecule has 5 rings (SSSR count). The number of ether oxygens (including phenoxy) is 4. The molecular formula is C32H40N2O8S. The van der Waals surface area contributed by atoms with E-state index in [1.165, 1.54) is 10.4 Å². The molecule has 4 aliphatic heterocycles.